The SMILES string of the molecule is CNS(=O)(=O)c1ccc(Cl)c(C(=O)NCCN(C)c2ccccc2)c1. The van der Waals surface area contributed by atoms with Crippen molar-refractivity contribution in [3.05, 3.63) is 59.1 Å². The molecule has 2 N–H and O–H groups in total. The molecule has 0 aliphatic carbocycles. The number of amides is 1. The summed E-state index contributed by atoms with van der Waals surface area (Å²) in [5.74, 6) is -0.417. The molecule has 0 aromatic heterocycles. The first kappa shape index (κ1) is 19.2. The molecule has 0 aliphatic rings. The summed E-state index contributed by atoms with van der Waals surface area (Å²) in [5.41, 5.74) is 1.16. The number of halogens is 1. The highest BCUT2D eigenvalue weighted by Crippen LogP contribution is 2.20. The molecule has 0 radical (unpaired) electrons. The van der Waals surface area contributed by atoms with Crippen LogP contribution in [0.3, 0.4) is 0 Å². The molecule has 2 aromatic rings. The van der Waals surface area contributed by atoms with Gasteiger partial charge in [-0.25, -0.2) is 13.1 Å². The Morgan fingerprint density at radius 2 is 1.84 bits per heavy atom. The van der Waals surface area contributed by atoms with Gasteiger partial charge in [0.1, 0.15) is 0 Å². The van der Waals surface area contributed by atoms with E-state index in [1.165, 1.54) is 25.2 Å². The van der Waals surface area contributed by atoms with Crippen molar-refractivity contribution in [2.24, 2.45) is 0 Å². The van der Waals surface area contributed by atoms with Crippen LogP contribution in [0.15, 0.2) is 53.4 Å². The third-order valence-corrected chi connectivity index (χ3v) is 5.43. The minimum absolute atomic E-state index is 0.00838. The molecule has 0 atom stereocenters. The molecule has 6 nitrogen and oxygen atoms in total. The van der Waals surface area contributed by atoms with Crippen LogP contribution in [-0.4, -0.2) is 41.5 Å². The van der Waals surface area contributed by atoms with E-state index in [1.807, 2.05) is 42.3 Å². The average molecular weight is 382 g/mol. The zero-order chi connectivity index (χ0) is 18.4. The van der Waals surface area contributed by atoms with Gasteiger partial charge in [0.25, 0.3) is 5.91 Å². The summed E-state index contributed by atoms with van der Waals surface area (Å²) in [4.78, 5) is 14.3. The fourth-order valence-electron chi connectivity index (χ4n) is 2.21. The van der Waals surface area contributed by atoms with Gasteiger partial charge in [0.15, 0.2) is 0 Å². The summed E-state index contributed by atoms with van der Waals surface area (Å²) in [5, 5.41) is 2.95. The van der Waals surface area contributed by atoms with Crippen molar-refractivity contribution in [3.63, 3.8) is 0 Å². The molecule has 2 aromatic carbocycles. The Morgan fingerprint density at radius 1 is 1.16 bits per heavy atom. The van der Waals surface area contributed by atoms with E-state index in [0.717, 1.165) is 5.69 Å². The Hall–Kier alpha value is -2.09. The van der Waals surface area contributed by atoms with Crippen LogP contribution in [0.4, 0.5) is 5.69 Å². The third kappa shape index (κ3) is 4.94. The van der Waals surface area contributed by atoms with Gasteiger partial charge < -0.3 is 10.2 Å². The maximum absolute atomic E-state index is 12.3. The van der Waals surface area contributed by atoms with Crippen molar-refractivity contribution in [1.29, 1.82) is 0 Å². The molecule has 25 heavy (non-hydrogen) atoms. The van der Waals surface area contributed by atoms with Crippen molar-refractivity contribution in [3.8, 4) is 0 Å². The number of carbonyl (C=O) groups is 1. The van der Waals surface area contributed by atoms with E-state index >= 15 is 0 Å². The van der Waals surface area contributed by atoms with Crippen LogP contribution < -0.4 is 14.9 Å². The van der Waals surface area contributed by atoms with E-state index in [-0.39, 0.29) is 15.5 Å². The second-order valence-corrected chi connectivity index (χ2v) is 7.66. The second-order valence-electron chi connectivity index (χ2n) is 5.36. The first-order valence-electron chi connectivity index (χ1n) is 7.62. The number of anilines is 1. The number of likely N-dealkylation sites (N-methyl/N-ethyl adjacent to an activating group) is 1. The summed E-state index contributed by atoms with van der Waals surface area (Å²) in [6.45, 7) is 0.992. The standard InChI is InChI=1S/C17H20ClN3O3S/c1-19-25(23,24)14-8-9-16(18)15(12-14)17(22)20-10-11-21(2)13-6-4-3-5-7-13/h3-9,12,19H,10-11H2,1-2H3,(H,20,22). The Labute approximate surface area is 152 Å². The number of sulfonamides is 1. The molecule has 134 valence electrons. The topological polar surface area (TPSA) is 78.5 Å². The van der Waals surface area contributed by atoms with Gasteiger partial charge >= 0.3 is 0 Å². The highest BCUT2D eigenvalue weighted by atomic mass is 35.5. The van der Waals surface area contributed by atoms with Gasteiger partial charge in [0.2, 0.25) is 10.0 Å². The number of para-hydroxylation sites is 1. The van der Waals surface area contributed by atoms with Crippen LogP contribution in [0.1, 0.15) is 10.4 Å². The molecule has 0 unspecified atom stereocenters. The molecule has 0 fully saturated rings. The Morgan fingerprint density at radius 3 is 2.48 bits per heavy atom. The zero-order valence-electron chi connectivity index (χ0n) is 14.0. The fourth-order valence-corrected chi connectivity index (χ4v) is 3.17. The van der Waals surface area contributed by atoms with Crippen molar-refractivity contribution in [2.45, 2.75) is 4.90 Å². The largest absolute Gasteiger partial charge is 0.373 e. The smallest absolute Gasteiger partial charge is 0.252 e. The van der Waals surface area contributed by atoms with Crippen molar-refractivity contribution < 1.29 is 13.2 Å². The molecular formula is C17H20ClN3O3S. The van der Waals surface area contributed by atoms with Gasteiger partial charge in [-0.05, 0) is 37.4 Å². The summed E-state index contributed by atoms with van der Waals surface area (Å²) in [6, 6.07) is 13.8. The molecule has 0 spiro atoms. The van der Waals surface area contributed by atoms with Crippen LogP contribution in [-0.2, 0) is 10.0 Å². The summed E-state index contributed by atoms with van der Waals surface area (Å²) in [6.07, 6.45) is 0. The molecule has 0 bridgehead atoms. The van der Waals surface area contributed by atoms with E-state index < -0.39 is 15.9 Å². The molecule has 0 saturated carbocycles. The molecule has 2 rings (SSSR count). The van der Waals surface area contributed by atoms with E-state index in [2.05, 4.69) is 10.0 Å². The van der Waals surface area contributed by atoms with Crippen LogP contribution in [0.25, 0.3) is 0 Å². The number of nitrogens with one attached hydrogen (secondary N) is 2. The van der Waals surface area contributed by atoms with E-state index in [0.29, 0.717) is 13.1 Å². The molecule has 1 amide bonds. The quantitative estimate of drug-likeness (QED) is 0.770. The van der Waals surface area contributed by atoms with Gasteiger partial charge in [0.05, 0.1) is 15.5 Å². The second kappa shape index (κ2) is 8.33. The number of rotatable bonds is 7. The number of benzene rings is 2. The fraction of sp³-hybridized carbons (Fsp3) is 0.235. The normalized spacial score (nSPS) is 11.2. The van der Waals surface area contributed by atoms with E-state index in [4.69, 9.17) is 11.6 Å². The Bertz CT molecular complexity index is 841. The summed E-state index contributed by atoms with van der Waals surface area (Å²) in [7, 11) is -0.404. The number of nitrogens with zero attached hydrogens (tertiary/aromatic N) is 1. The Kier molecular flexibility index (Phi) is 6.41. The summed E-state index contributed by atoms with van der Waals surface area (Å²) >= 11 is 6.04. The number of carbonyl (C=O) groups excluding carboxylic acids is 1. The first-order valence-corrected chi connectivity index (χ1v) is 9.49. The number of hydrogen-bond donors (Lipinski definition) is 2. The zero-order valence-corrected chi connectivity index (χ0v) is 15.6. The predicted molar refractivity (Wildman–Crippen MR) is 99.7 cm³/mol. The molecule has 8 heteroatoms. The lowest BCUT2D eigenvalue weighted by atomic mass is 10.2. The highest BCUT2D eigenvalue weighted by Gasteiger charge is 2.17. The van der Waals surface area contributed by atoms with Crippen LogP contribution in [0.5, 0.6) is 0 Å². The third-order valence-electron chi connectivity index (χ3n) is 3.69. The van der Waals surface area contributed by atoms with Gasteiger partial charge in [0, 0.05) is 25.8 Å². The van der Waals surface area contributed by atoms with E-state index in [1.54, 1.807) is 0 Å². The maximum atomic E-state index is 12.3. The van der Waals surface area contributed by atoms with Crippen LogP contribution >= 0.6 is 11.6 Å². The predicted octanol–water partition coefficient (Wildman–Crippen LogP) is 2.11. The van der Waals surface area contributed by atoms with Gasteiger partial charge in [-0.2, -0.15) is 0 Å². The first-order chi connectivity index (χ1) is 11.8. The van der Waals surface area contributed by atoms with Crippen molar-refractivity contribution >= 4 is 33.2 Å². The van der Waals surface area contributed by atoms with Crippen LogP contribution in [0, 0.1) is 0 Å². The monoisotopic (exact) mass is 381 g/mol. The van der Waals surface area contributed by atoms with Crippen molar-refractivity contribution in [2.75, 3.05) is 32.1 Å². The van der Waals surface area contributed by atoms with Gasteiger partial charge in [-0.15, -0.1) is 0 Å². The van der Waals surface area contributed by atoms with Gasteiger partial charge in [-0.3, -0.25) is 4.79 Å². The minimum atomic E-state index is -3.64. The molecule has 0 aliphatic heterocycles. The van der Waals surface area contributed by atoms with Crippen molar-refractivity contribution in [1.82, 2.24) is 10.0 Å². The lowest BCUT2D eigenvalue weighted by Gasteiger charge is -2.19. The lowest BCUT2D eigenvalue weighted by Crippen LogP contribution is -2.33. The summed E-state index contributed by atoms with van der Waals surface area (Å²) < 4.78 is 25.9. The van der Waals surface area contributed by atoms with Crippen LogP contribution in [0.2, 0.25) is 5.02 Å². The number of hydrogen-bond acceptors (Lipinski definition) is 4. The average Bonchev–Trinajstić information content (AvgIpc) is 2.62. The molecular weight excluding hydrogens is 362 g/mol. The van der Waals surface area contributed by atoms with Gasteiger partial charge in [-0.1, -0.05) is 29.8 Å². The maximum Gasteiger partial charge on any atom is 0.252 e. The highest BCUT2D eigenvalue weighted by molar-refractivity contribution is 7.89. The lowest BCUT2D eigenvalue weighted by molar-refractivity contribution is 0.0954. The minimum Gasteiger partial charge on any atom is -0.373 e. The Balaban J connectivity index is 2.02. The molecule has 0 heterocycles. The molecule has 0 saturated heterocycles. The van der Waals surface area contributed by atoms with E-state index in [9.17, 15) is 13.2 Å².